The maximum atomic E-state index is 12.7. The van der Waals surface area contributed by atoms with E-state index in [1.54, 1.807) is 115 Å². The van der Waals surface area contributed by atoms with Crippen LogP contribution in [-0.2, 0) is 127 Å². The molecule has 0 aliphatic heterocycles. The molecule has 0 aliphatic rings. The number of esters is 2. The number of aromatic nitrogens is 12. The van der Waals surface area contributed by atoms with Gasteiger partial charge in [0.25, 0.3) is 30.1 Å². The number of fused-ring (bicyclic) bond motifs is 3. The number of nitrogens with two attached hydrogens (primary N) is 4. The van der Waals surface area contributed by atoms with E-state index in [1.165, 1.54) is 46.9 Å². The maximum Gasteiger partial charge on any atom is 1.00 e. The Balaban J connectivity index is 0.000000264. The number of hydrogen-bond donors (Lipinski definition) is 11. The summed E-state index contributed by atoms with van der Waals surface area (Å²) >= 11 is 2.81. The number of rotatable bonds is 38. The van der Waals surface area contributed by atoms with Crippen LogP contribution in [0.1, 0.15) is 33.8 Å². The van der Waals surface area contributed by atoms with Crippen molar-refractivity contribution >= 4 is 143 Å². The molecule has 0 saturated carbocycles. The molecule has 6 aromatic carbocycles. The second-order valence-electron chi connectivity index (χ2n) is 24.9. The Labute approximate surface area is 729 Å². The predicted molar refractivity (Wildman–Crippen MR) is 435 cm³/mol. The topological polar surface area (TPSA) is 669 Å². The van der Waals surface area contributed by atoms with E-state index in [0.717, 1.165) is 45.1 Å². The number of nitrogens with zero attached hydrogens (tertiary/aromatic N) is 12. The second kappa shape index (κ2) is 47.8. The normalized spacial score (nSPS) is 11.8. The summed E-state index contributed by atoms with van der Waals surface area (Å²) in [5.41, 5.74) is 10.8. The molecular weight excluding hydrogens is 1760 g/mol. The van der Waals surface area contributed by atoms with Crippen LogP contribution in [0.4, 0.5) is 0 Å². The van der Waals surface area contributed by atoms with E-state index >= 15 is 0 Å². The standard InChI is InChI=1S/C24H26N6O8S2.C23H24N6O8S2.C12H11N5O5S2.C12H17NO4.ClH.Li.H2O/c1-36-23(33)20(10-15-2-4-17(5-3-15)37-9-8-31)26-22(32)13-30-12-16(28-29-30)14-38-18-6-7-19-21(11-18)39-24(27-19)40(25,34)35;24-39(34,35)23-26-18-6-5-17(10-20(18)38-23)37-13-15-11-29(28-27-15)12-21(31)25-19(22(32)33)9-14-1-3-16(4-2-14)36-8-7-30;13-24(20,21)12-14-9-2-1-8(3-10(9)23-12)22-6-7-4-17(16-15-7)5-11(18)19;1-16-12(15)11(13)8-9-2-4-10(5-3-9)17-7-6-14;;;/h2-7,11-12,20,31H,8-10,13-14H2,1H3,(H,26,32)(H2,25,34,35);1-6,10-11,19,30H,7-9,12-13H2,(H,25,31)(H,32,33)(H2,24,34,35);1-4H,5-6H2,(H,18,19)(H2,13,20,21);2-5,11,14H,6-8,13H2,1H3;1H;;1H2/q;;;;;+1;/p-1/t20-;19-;;11-;;;/m00.0.../s1. The van der Waals surface area contributed by atoms with Crippen LogP contribution in [0.15, 0.2) is 159 Å². The number of carboxylic acid groups (broad SMARTS) is 2. The van der Waals surface area contributed by atoms with Gasteiger partial charge in [-0.25, -0.2) is 79.3 Å². The molecule has 16 N–H and O–H groups in total. The molecule has 0 spiro atoms. The average molecular weight is 1840 g/mol. The van der Waals surface area contributed by atoms with E-state index in [2.05, 4.69) is 61.3 Å². The van der Waals surface area contributed by atoms with Gasteiger partial charge in [-0.15, -0.1) is 61.7 Å². The summed E-state index contributed by atoms with van der Waals surface area (Å²) in [4.78, 5) is 82.7. The van der Waals surface area contributed by atoms with E-state index < -0.39 is 83.9 Å². The third-order valence-corrected chi connectivity index (χ3v) is 22.7. The fourth-order valence-electron chi connectivity index (χ4n) is 10.3. The third-order valence-electron chi connectivity index (χ3n) is 15.7. The number of carbonyl (C=O) groups is 6. The first kappa shape index (κ1) is 100. The first-order chi connectivity index (χ1) is 57.2. The average Bonchev–Trinajstić information content (AvgIpc) is 1.67. The molecule has 0 bridgehead atoms. The monoisotopic (exact) mass is 1830 g/mol. The summed E-state index contributed by atoms with van der Waals surface area (Å²) in [6.07, 6.45) is 5.16. The van der Waals surface area contributed by atoms with Crippen molar-refractivity contribution < 1.29 is 142 Å². The Morgan fingerprint density at radius 1 is 0.439 bits per heavy atom. The molecule has 0 unspecified atom stereocenters. The SMILES string of the molecule is COC(=O)[C@@H](N)Cc1ccc(OCCO)cc1.COC(=O)[C@H](Cc1ccc(OCCO)cc1)NC(=O)Cn1cc(COc2ccc3nc(S(N)(=O)=O)sc3c2)nn1.Cl.NS(=O)(=O)c1nc2ccc(OCc3cn(CC(=O)N[C@@H](Cc4ccc(OCCO)cc4)C(=O)O)nn3)cc2s1.NS(=O)(=O)c1nc2ccc(OCc3cn(CC(=O)O)nn3)cc2s1.[Li+].[OH-]. The Hall–Kier alpha value is -11.6. The predicted octanol–water partition coefficient (Wildman–Crippen LogP) is -1.77. The number of methoxy groups -OCH3 is 2. The Kier molecular flexibility index (Phi) is 38.9. The maximum absolute atomic E-state index is 12.7. The van der Waals surface area contributed by atoms with Crippen molar-refractivity contribution in [2.45, 2.75) is 89.9 Å². The number of sulfonamides is 3. The van der Waals surface area contributed by atoms with E-state index in [0.29, 0.717) is 94.2 Å². The molecule has 0 aliphatic carbocycles. The fraction of sp³-hybridized carbons (Fsp3) is 0.282. The number of primary sulfonamides is 3. The molecule has 0 saturated heterocycles. The first-order valence-corrected chi connectivity index (χ1v) is 42.1. The number of hydrogen-bond acceptors (Lipinski definition) is 37. The zero-order valence-electron chi connectivity index (χ0n) is 65.1. The van der Waals surface area contributed by atoms with Crippen LogP contribution in [0.5, 0.6) is 34.5 Å². The molecule has 2 amide bonds. The van der Waals surface area contributed by atoms with Crippen LogP contribution in [0.3, 0.4) is 0 Å². The van der Waals surface area contributed by atoms with Gasteiger partial charge < -0.3 is 85.3 Å². The van der Waals surface area contributed by atoms with Crippen LogP contribution in [0, 0.1) is 0 Å². The number of aliphatic carboxylic acids is 2. The van der Waals surface area contributed by atoms with Gasteiger partial charge in [-0.3, -0.25) is 19.2 Å². The Morgan fingerprint density at radius 2 is 0.740 bits per heavy atom. The van der Waals surface area contributed by atoms with Crippen LogP contribution in [0.25, 0.3) is 30.6 Å². The summed E-state index contributed by atoms with van der Waals surface area (Å²) in [6, 6.07) is 32.7. The van der Waals surface area contributed by atoms with Crippen molar-refractivity contribution in [2.24, 2.45) is 21.2 Å². The van der Waals surface area contributed by atoms with Gasteiger partial charge in [0, 0.05) is 12.8 Å². The van der Waals surface area contributed by atoms with E-state index in [-0.39, 0.29) is 142 Å². The van der Waals surface area contributed by atoms with Gasteiger partial charge in [0.2, 0.25) is 24.8 Å². The van der Waals surface area contributed by atoms with Crippen LogP contribution in [-0.4, -0.2) is 224 Å². The van der Waals surface area contributed by atoms with Gasteiger partial charge >= 0.3 is 42.7 Å². The molecule has 44 nitrogen and oxygen atoms in total. The van der Waals surface area contributed by atoms with Gasteiger partial charge in [0.15, 0.2) is 0 Å². The minimum Gasteiger partial charge on any atom is -0.870 e. The minimum absolute atomic E-state index is 0. The number of thiazole rings is 3. The van der Waals surface area contributed by atoms with Crippen LogP contribution in [0.2, 0.25) is 0 Å². The van der Waals surface area contributed by atoms with E-state index in [4.69, 9.17) is 74.7 Å². The molecule has 6 heterocycles. The number of aliphatic hydroxyl groups is 3. The molecule has 0 fully saturated rings. The van der Waals surface area contributed by atoms with Crippen molar-refractivity contribution in [3.05, 3.63) is 180 Å². The van der Waals surface area contributed by atoms with E-state index in [1.807, 2.05) is 12.1 Å². The Bertz CT molecular complexity index is 5870. The van der Waals surface area contributed by atoms with Crippen molar-refractivity contribution in [3.8, 4) is 34.5 Å². The molecule has 12 rings (SSSR count). The number of carbonyl (C=O) groups excluding carboxylic acids is 4. The van der Waals surface area contributed by atoms with Gasteiger partial charge in [-0.1, -0.05) is 52.0 Å². The number of carboxylic acids is 2. The summed E-state index contributed by atoms with van der Waals surface area (Å²) in [5.74, 6) is -1.11. The molecule has 654 valence electrons. The van der Waals surface area contributed by atoms with Gasteiger partial charge in [-0.2, -0.15) is 0 Å². The molecule has 123 heavy (non-hydrogen) atoms. The van der Waals surface area contributed by atoms with Crippen LogP contribution >= 0.6 is 46.4 Å². The number of ether oxygens (including phenoxy) is 8. The molecule has 12 aromatic rings. The van der Waals surface area contributed by atoms with Gasteiger partial charge in [-0.05, 0) is 114 Å². The zero-order valence-corrected chi connectivity index (χ0v) is 70.8. The number of halogens is 1. The van der Waals surface area contributed by atoms with Gasteiger partial charge in [0.1, 0.15) is 129 Å². The molecule has 3 atom stereocenters. The Morgan fingerprint density at radius 3 is 1.04 bits per heavy atom. The second-order valence-corrected chi connectivity index (χ2v) is 33.2. The summed E-state index contributed by atoms with van der Waals surface area (Å²) < 4.78 is 116. The van der Waals surface area contributed by atoms with Crippen molar-refractivity contribution in [1.82, 2.24) is 70.6 Å². The van der Waals surface area contributed by atoms with Crippen molar-refractivity contribution in [2.75, 3.05) is 53.9 Å². The number of aliphatic hydroxyl groups excluding tert-OH is 3. The quantitative estimate of drug-likeness (QED) is 0.0151. The largest absolute Gasteiger partial charge is 1.00 e. The fourth-order valence-corrected chi connectivity index (χ4v) is 15.3. The number of benzene rings is 6. The van der Waals surface area contributed by atoms with Crippen molar-refractivity contribution in [1.29, 1.82) is 0 Å². The van der Waals surface area contributed by atoms with Gasteiger partial charge in [0.05, 0.1) is 83.3 Å². The third kappa shape index (κ3) is 32.0. The smallest absolute Gasteiger partial charge is 0.870 e. The summed E-state index contributed by atoms with van der Waals surface area (Å²) in [5, 5.41) is 88.2. The molecule has 6 aromatic heterocycles. The summed E-state index contributed by atoms with van der Waals surface area (Å²) in [7, 11) is -9.09. The van der Waals surface area contributed by atoms with Crippen LogP contribution < -0.4 is 79.1 Å². The van der Waals surface area contributed by atoms with Crippen molar-refractivity contribution in [3.63, 3.8) is 0 Å². The molecule has 0 radical (unpaired) electrons. The minimum atomic E-state index is -3.90. The molecular formula is C71H80ClLiN18O26S6. The number of nitrogens with one attached hydrogen (secondary N) is 2. The van der Waals surface area contributed by atoms with E-state index in [9.17, 15) is 59.1 Å². The molecule has 52 heteroatoms. The zero-order chi connectivity index (χ0) is 86.7. The first-order valence-electron chi connectivity index (χ1n) is 35.0. The number of amides is 2. The summed E-state index contributed by atoms with van der Waals surface area (Å²) in [6.45, 7) is -0.247.